The van der Waals surface area contributed by atoms with E-state index in [0.717, 1.165) is 39.1 Å². The minimum atomic E-state index is 0.566. The Hall–Kier alpha value is -2.95. The van der Waals surface area contributed by atoms with Gasteiger partial charge in [-0.05, 0) is 38.0 Å². The van der Waals surface area contributed by atoms with Crippen LogP contribution in [0.4, 0.5) is 5.69 Å². The number of nitrogens with zero attached hydrogens (tertiary/aromatic N) is 4. The van der Waals surface area contributed by atoms with Gasteiger partial charge >= 0.3 is 0 Å². The summed E-state index contributed by atoms with van der Waals surface area (Å²) < 4.78 is 1.84. The minimum absolute atomic E-state index is 0.566. The molecule has 1 aromatic carbocycles. The number of hydrogen-bond acceptors (Lipinski definition) is 4. The fourth-order valence-electron chi connectivity index (χ4n) is 3.16. The zero-order chi connectivity index (χ0) is 16.1. The molecular weight excluding hydrogens is 298 g/mol. The molecule has 1 N–H and O–H groups in total. The van der Waals surface area contributed by atoms with Gasteiger partial charge in [0.2, 0.25) is 0 Å². The SMILES string of the molecule is Cc1nn(-c2ccccn2)c2nc3ccccc3c(NC3CC3)c12. The highest BCUT2D eigenvalue weighted by Crippen LogP contribution is 2.36. The van der Waals surface area contributed by atoms with Crippen LogP contribution >= 0.6 is 0 Å². The number of benzene rings is 1. The molecule has 1 saturated carbocycles. The summed E-state index contributed by atoms with van der Waals surface area (Å²) in [5.74, 6) is 0.788. The molecule has 5 rings (SSSR count). The molecule has 1 aliphatic carbocycles. The summed E-state index contributed by atoms with van der Waals surface area (Å²) in [6.45, 7) is 2.04. The molecule has 5 nitrogen and oxygen atoms in total. The predicted octanol–water partition coefficient (Wildman–Crippen LogP) is 3.85. The van der Waals surface area contributed by atoms with Gasteiger partial charge in [-0.15, -0.1) is 0 Å². The summed E-state index contributed by atoms with van der Waals surface area (Å²) >= 11 is 0. The van der Waals surface area contributed by atoms with Gasteiger partial charge in [0, 0.05) is 17.6 Å². The topological polar surface area (TPSA) is 55.6 Å². The third-order valence-corrected chi connectivity index (χ3v) is 4.48. The van der Waals surface area contributed by atoms with Crippen LogP contribution in [0.25, 0.3) is 27.8 Å². The lowest BCUT2D eigenvalue weighted by Gasteiger charge is -2.11. The van der Waals surface area contributed by atoms with Crippen LogP contribution in [-0.2, 0) is 0 Å². The first kappa shape index (κ1) is 13.5. The van der Waals surface area contributed by atoms with E-state index in [-0.39, 0.29) is 0 Å². The average Bonchev–Trinajstić information content (AvgIpc) is 3.38. The van der Waals surface area contributed by atoms with Crippen LogP contribution in [0.2, 0.25) is 0 Å². The average molecular weight is 315 g/mol. The van der Waals surface area contributed by atoms with Gasteiger partial charge < -0.3 is 5.32 Å². The standard InChI is InChI=1S/C19H17N5/c1-12-17-18(21-13-9-10-13)14-6-2-3-7-15(14)22-19(17)24(23-12)16-8-4-5-11-20-16/h2-8,11,13H,9-10H2,1H3,(H,21,22). The number of fused-ring (bicyclic) bond motifs is 2. The number of aryl methyl sites for hydroxylation is 1. The minimum Gasteiger partial charge on any atom is -0.381 e. The molecule has 0 radical (unpaired) electrons. The molecule has 118 valence electrons. The van der Waals surface area contributed by atoms with E-state index in [2.05, 4.69) is 28.5 Å². The first-order valence-electron chi connectivity index (χ1n) is 8.27. The lowest BCUT2D eigenvalue weighted by atomic mass is 10.1. The number of anilines is 1. The Bertz CT molecular complexity index is 1050. The number of pyridine rings is 2. The highest BCUT2D eigenvalue weighted by atomic mass is 15.3. The zero-order valence-electron chi connectivity index (χ0n) is 13.4. The van der Waals surface area contributed by atoms with Gasteiger partial charge in [-0.1, -0.05) is 24.3 Å². The van der Waals surface area contributed by atoms with Crippen molar-refractivity contribution in [3.05, 3.63) is 54.4 Å². The van der Waals surface area contributed by atoms with Crippen molar-refractivity contribution in [3.63, 3.8) is 0 Å². The van der Waals surface area contributed by atoms with E-state index in [1.807, 2.05) is 35.9 Å². The monoisotopic (exact) mass is 315 g/mol. The highest BCUT2D eigenvalue weighted by molar-refractivity contribution is 6.08. The van der Waals surface area contributed by atoms with E-state index >= 15 is 0 Å². The Labute approximate surface area is 139 Å². The molecule has 0 spiro atoms. The summed E-state index contributed by atoms with van der Waals surface area (Å²) in [5, 5.41) is 10.7. The van der Waals surface area contributed by atoms with Crippen LogP contribution in [0.15, 0.2) is 48.7 Å². The van der Waals surface area contributed by atoms with Crippen LogP contribution in [-0.4, -0.2) is 25.8 Å². The molecule has 0 atom stereocenters. The van der Waals surface area contributed by atoms with Crippen LogP contribution < -0.4 is 5.32 Å². The van der Waals surface area contributed by atoms with E-state index in [9.17, 15) is 0 Å². The molecule has 1 fully saturated rings. The van der Waals surface area contributed by atoms with Gasteiger partial charge in [-0.2, -0.15) is 9.78 Å². The maximum Gasteiger partial charge on any atom is 0.167 e. The Kier molecular flexibility index (Phi) is 2.82. The van der Waals surface area contributed by atoms with Gasteiger partial charge in [0.25, 0.3) is 0 Å². The van der Waals surface area contributed by atoms with E-state index < -0.39 is 0 Å². The lowest BCUT2D eigenvalue weighted by molar-refractivity contribution is 0.849. The predicted molar refractivity (Wildman–Crippen MR) is 95.5 cm³/mol. The van der Waals surface area contributed by atoms with Crippen molar-refractivity contribution < 1.29 is 0 Å². The van der Waals surface area contributed by atoms with Gasteiger partial charge in [0.1, 0.15) is 0 Å². The van der Waals surface area contributed by atoms with Crippen molar-refractivity contribution in [1.82, 2.24) is 19.7 Å². The van der Waals surface area contributed by atoms with E-state index in [4.69, 9.17) is 10.1 Å². The number of hydrogen-bond donors (Lipinski definition) is 1. The van der Waals surface area contributed by atoms with Crippen molar-refractivity contribution >= 4 is 27.6 Å². The number of para-hydroxylation sites is 1. The molecule has 0 unspecified atom stereocenters. The van der Waals surface area contributed by atoms with Crippen LogP contribution in [0.1, 0.15) is 18.5 Å². The smallest absolute Gasteiger partial charge is 0.167 e. The zero-order valence-corrected chi connectivity index (χ0v) is 13.4. The Balaban J connectivity index is 1.87. The molecular formula is C19H17N5. The molecule has 0 saturated heterocycles. The summed E-state index contributed by atoms with van der Waals surface area (Å²) in [6.07, 6.45) is 4.24. The normalized spacial score (nSPS) is 14.4. The first-order chi connectivity index (χ1) is 11.8. The molecule has 1 aliphatic rings. The third-order valence-electron chi connectivity index (χ3n) is 4.48. The lowest BCUT2D eigenvalue weighted by Crippen LogP contribution is -2.04. The van der Waals surface area contributed by atoms with E-state index in [1.165, 1.54) is 12.8 Å². The summed E-state index contributed by atoms with van der Waals surface area (Å²) in [6, 6.07) is 14.7. The van der Waals surface area contributed by atoms with E-state index in [1.54, 1.807) is 6.20 Å². The van der Waals surface area contributed by atoms with E-state index in [0.29, 0.717) is 6.04 Å². The highest BCUT2D eigenvalue weighted by Gasteiger charge is 2.25. The van der Waals surface area contributed by atoms with Crippen molar-refractivity contribution in [3.8, 4) is 5.82 Å². The Morgan fingerprint density at radius 3 is 2.71 bits per heavy atom. The number of rotatable bonds is 3. The second-order valence-corrected chi connectivity index (χ2v) is 6.31. The fraction of sp³-hybridized carbons (Fsp3) is 0.211. The van der Waals surface area contributed by atoms with Gasteiger partial charge in [-0.25, -0.2) is 9.97 Å². The second-order valence-electron chi connectivity index (χ2n) is 6.31. The van der Waals surface area contributed by atoms with Crippen LogP contribution in [0, 0.1) is 6.92 Å². The molecule has 3 heterocycles. The molecule has 0 bridgehead atoms. The number of aromatic nitrogens is 4. The molecule has 3 aromatic heterocycles. The Morgan fingerprint density at radius 1 is 1.08 bits per heavy atom. The maximum atomic E-state index is 4.88. The quantitative estimate of drug-likeness (QED) is 0.624. The molecule has 5 heteroatoms. The summed E-state index contributed by atoms with van der Waals surface area (Å²) in [4.78, 5) is 9.32. The molecule has 0 aliphatic heterocycles. The van der Waals surface area contributed by atoms with Gasteiger partial charge in [-0.3, -0.25) is 0 Å². The van der Waals surface area contributed by atoms with Crippen molar-refractivity contribution in [2.45, 2.75) is 25.8 Å². The summed E-state index contributed by atoms with van der Waals surface area (Å²) in [7, 11) is 0. The van der Waals surface area contributed by atoms with Crippen LogP contribution in [0.5, 0.6) is 0 Å². The van der Waals surface area contributed by atoms with Crippen molar-refractivity contribution in [1.29, 1.82) is 0 Å². The van der Waals surface area contributed by atoms with Crippen LogP contribution in [0.3, 0.4) is 0 Å². The van der Waals surface area contributed by atoms with Crippen molar-refractivity contribution in [2.75, 3.05) is 5.32 Å². The first-order valence-corrected chi connectivity index (χ1v) is 8.27. The third kappa shape index (κ3) is 2.05. The van der Waals surface area contributed by atoms with Gasteiger partial charge in [0.05, 0.1) is 22.3 Å². The van der Waals surface area contributed by atoms with Gasteiger partial charge in [0.15, 0.2) is 11.5 Å². The maximum absolute atomic E-state index is 4.88. The second kappa shape index (κ2) is 5.03. The Morgan fingerprint density at radius 2 is 1.92 bits per heavy atom. The molecule has 0 amide bonds. The fourth-order valence-corrected chi connectivity index (χ4v) is 3.16. The molecule has 4 aromatic rings. The largest absolute Gasteiger partial charge is 0.381 e. The number of nitrogens with one attached hydrogen (secondary N) is 1. The molecule has 24 heavy (non-hydrogen) atoms. The van der Waals surface area contributed by atoms with Crippen molar-refractivity contribution in [2.24, 2.45) is 0 Å². The summed E-state index contributed by atoms with van der Waals surface area (Å²) in [5.41, 5.74) is 3.95.